The van der Waals surface area contributed by atoms with Gasteiger partial charge in [0.1, 0.15) is 5.82 Å². The van der Waals surface area contributed by atoms with E-state index in [1.165, 1.54) is 12.1 Å². The number of nitrogens with zero attached hydrogens (tertiary/aromatic N) is 2. The van der Waals surface area contributed by atoms with Crippen molar-refractivity contribution >= 4 is 33.1 Å². The van der Waals surface area contributed by atoms with E-state index >= 15 is 0 Å². The Kier molecular flexibility index (Phi) is 4.59. The molecule has 2 aromatic heterocycles. The lowest BCUT2D eigenvalue weighted by atomic mass is 9.95. The summed E-state index contributed by atoms with van der Waals surface area (Å²) in [4.78, 5) is 19.0. The standard InChI is InChI=1S/C20H20FN3OS/c1-22-20(25)14-6-9-24(10-7-14)18-12-17(13-2-4-15(21)5-3-13)23-16-8-11-26-19(16)18/h2-5,8,11-12,14H,6-7,9-10H2,1H3,(H,22,25). The molecular formula is C20H20FN3OS. The Morgan fingerprint density at radius 2 is 1.96 bits per heavy atom. The second kappa shape index (κ2) is 7.03. The number of aromatic nitrogens is 1. The summed E-state index contributed by atoms with van der Waals surface area (Å²) < 4.78 is 14.4. The Hall–Kier alpha value is -2.47. The van der Waals surface area contributed by atoms with Crippen molar-refractivity contribution in [3.8, 4) is 11.3 Å². The van der Waals surface area contributed by atoms with Gasteiger partial charge in [-0.3, -0.25) is 4.79 Å². The number of piperidine rings is 1. The number of fused-ring (bicyclic) bond motifs is 1. The van der Waals surface area contributed by atoms with Gasteiger partial charge >= 0.3 is 0 Å². The number of hydrogen-bond donors (Lipinski definition) is 1. The third-order valence-corrected chi connectivity index (χ3v) is 5.91. The van der Waals surface area contributed by atoms with Gasteiger partial charge in [0.2, 0.25) is 5.91 Å². The highest BCUT2D eigenvalue weighted by molar-refractivity contribution is 7.17. The first-order chi connectivity index (χ1) is 12.7. The van der Waals surface area contributed by atoms with E-state index in [1.807, 2.05) is 11.4 Å². The van der Waals surface area contributed by atoms with E-state index in [1.54, 1.807) is 30.5 Å². The summed E-state index contributed by atoms with van der Waals surface area (Å²) in [6.07, 6.45) is 1.70. The zero-order chi connectivity index (χ0) is 18.1. The molecule has 0 radical (unpaired) electrons. The van der Waals surface area contributed by atoms with Crippen LogP contribution in [0.5, 0.6) is 0 Å². The minimum atomic E-state index is -0.248. The number of thiophene rings is 1. The van der Waals surface area contributed by atoms with Crippen LogP contribution in [0.1, 0.15) is 12.8 Å². The van der Waals surface area contributed by atoms with Gasteiger partial charge < -0.3 is 10.2 Å². The Bertz CT molecular complexity index is 930. The van der Waals surface area contributed by atoms with Crippen molar-refractivity contribution in [3.63, 3.8) is 0 Å². The Balaban J connectivity index is 1.67. The van der Waals surface area contributed by atoms with Crippen molar-refractivity contribution in [1.29, 1.82) is 0 Å². The van der Waals surface area contributed by atoms with Crippen LogP contribution in [0.15, 0.2) is 41.8 Å². The molecule has 1 amide bonds. The summed E-state index contributed by atoms with van der Waals surface area (Å²) in [5.74, 6) is -0.0250. The smallest absolute Gasteiger partial charge is 0.222 e. The van der Waals surface area contributed by atoms with Crippen molar-refractivity contribution in [2.75, 3.05) is 25.0 Å². The molecule has 1 N–H and O–H groups in total. The molecule has 1 fully saturated rings. The van der Waals surface area contributed by atoms with E-state index in [-0.39, 0.29) is 17.6 Å². The van der Waals surface area contributed by atoms with Crippen molar-refractivity contribution < 1.29 is 9.18 Å². The molecule has 0 unspecified atom stereocenters. The van der Waals surface area contributed by atoms with E-state index in [0.717, 1.165) is 53.1 Å². The first-order valence-electron chi connectivity index (χ1n) is 8.76. The number of benzene rings is 1. The lowest BCUT2D eigenvalue weighted by Gasteiger charge is -2.33. The van der Waals surface area contributed by atoms with Gasteiger partial charge in [-0.15, -0.1) is 11.3 Å². The quantitative estimate of drug-likeness (QED) is 0.757. The Morgan fingerprint density at radius 1 is 1.23 bits per heavy atom. The van der Waals surface area contributed by atoms with Crippen LogP contribution in [0, 0.1) is 11.7 Å². The predicted octanol–water partition coefficient (Wildman–Crippen LogP) is 4.06. The molecule has 0 atom stereocenters. The van der Waals surface area contributed by atoms with Crippen molar-refractivity contribution in [1.82, 2.24) is 10.3 Å². The topological polar surface area (TPSA) is 45.2 Å². The molecule has 4 nitrogen and oxygen atoms in total. The third kappa shape index (κ3) is 3.17. The summed E-state index contributed by atoms with van der Waals surface area (Å²) in [5.41, 5.74) is 3.86. The van der Waals surface area contributed by atoms with Gasteiger partial charge in [0.25, 0.3) is 0 Å². The highest BCUT2D eigenvalue weighted by atomic mass is 32.1. The van der Waals surface area contributed by atoms with Gasteiger partial charge in [-0.1, -0.05) is 0 Å². The molecule has 1 aromatic carbocycles. The van der Waals surface area contributed by atoms with Gasteiger partial charge in [0.15, 0.2) is 0 Å². The van der Waals surface area contributed by atoms with Gasteiger partial charge in [0, 0.05) is 31.6 Å². The molecule has 4 rings (SSSR count). The average molecular weight is 369 g/mol. The van der Waals surface area contributed by atoms with Gasteiger partial charge in [-0.05, 0) is 54.6 Å². The van der Waals surface area contributed by atoms with Crippen molar-refractivity contribution in [2.24, 2.45) is 5.92 Å². The number of amides is 1. The average Bonchev–Trinajstić information content (AvgIpc) is 3.16. The molecule has 6 heteroatoms. The first-order valence-corrected chi connectivity index (χ1v) is 9.64. The van der Waals surface area contributed by atoms with E-state index in [4.69, 9.17) is 4.98 Å². The number of carbonyl (C=O) groups is 1. The van der Waals surface area contributed by atoms with Gasteiger partial charge in [0.05, 0.1) is 21.6 Å². The second-order valence-corrected chi connectivity index (χ2v) is 7.46. The molecule has 3 heterocycles. The highest BCUT2D eigenvalue weighted by Gasteiger charge is 2.25. The number of halogens is 1. The monoisotopic (exact) mass is 369 g/mol. The number of pyridine rings is 1. The van der Waals surface area contributed by atoms with Gasteiger partial charge in [-0.2, -0.15) is 0 Å². The lowest BCUT2D eigenvalue weighted by molar-refractivity contribution is -0.125. The van der Waals surface area contributed by atoms with Crippen LogP contribution >= 0.6 is 11.3 Å². The van der Waals surface area contributed by atoms with Crippen molar-refractivity contribution in [2.45, 2.75) is 12.8 Å². The normalized spacial score (nSPS) is 15.4. The highest BCUT2D eigenvalue weighted by Crippen LogP contribution is 2.36. The van der Waals surface area contributed by atoms with Crippen LogP contribution in [0.4, 0.5) is 10.1 Å². The maximum absolute atomic E-state index is 13.2. The summed E-state index contributed by atoms with van der Waals surface area (Å²) in [6.45, 7) is 1.69. The lowest BCUT2D eigenvalue weighted by Crippen LogP contribution is -2.39. The number of hydrogen-bond acceptors (Lipinski definition) is 4. The fourth-order valence-electron chi connectivity index (χ4n) is 3.53. The molecule has 1 aliphatic heterocycles. The number of rotatable bonds is 3. The Labute approximate surface area is 155 Å². The largest absolute Gasteiger partial charge is 0.370 e. The minimum Gasteiger partial charge on any atom is -0.370 e. The summed E-state index contributed by atoms with van der Waals surface area (Å²) >= 11 is 1.68. The predicted molar refractivity (Wildman–Crippen MR) is 104 cm³/mol. The number of nitrogens with one attached hydrogen (secondary N) is 1. The molecule has 0 bridgehead atoms. The van der Waals surface area contributed by atoms with E-state index in [0.29, 0.717) is 0 Å². The molecular weight excluding hydrogens is 349 g/mol. The Morgan fingerprint density at radius 3 is 2.65 bits per heavy atom. The van der Waals surface area contributed by atoms with E-state index in [2.05, 4.69) is 16.3 Å². The fourth-order valence-corrected chi connectivity index (χ4v) is 4.41. The van der Waals surface area contributed by atoms with Crippen LogP contribution in [-0.4, -0.2) is 31.0 Å². The molecule has 1 saturated heterocycles. The van der Waals surface area contributed by atoms with Gasteiger partial charge in [-0.25, -0.2) is 9.37 Å². The molecule has 1 aliphatic rings. The number of carbonyl (C=O) groups excluding carboxylic acids is 1. The van der Waals surface area contributed by atoms with Crippen LogP contribution in [-0.2, 0) is 4.79 Å². The second-order valence-electron chi connectivity index (χ2n) is 6.54. The minimum absolute atomic E-state index is 0.0912. The molecule has 3 aromatic rings. The number of anilines is 1. The molecule has 0 spiro atoms. The maximum atomic E-state index is 13.2. The van der Waals surface area contributed by atoms with Crippen LogP contribution in [0.25, 0.3) is 21.5 Å². The molecule has 26 heavy (non-hydrogen) atoms. The van der Waals surface area contributed by atoms with Crippen LogP contribution in [0.3, 0.4) is 0 Å². The maximum Gasteiger partial charge on any atom is 0.222 e. The zero-order valence-corrected chi connectivity index (χ0v) is 15.4. The third-order valence-electron chi connectivity index (χ3n) is 4.98. The summed E-state index contributed by atoms with van der Waals surface area (Å²) in [5, 5.41) is 4.80. The van der Waals surface area contributed by atoms with E-state index < -0.39 is 0 Å². The van der Waals surface area contributed by atoms with Crippen molar-refractivity contribution in [3.05, 3.63) is 47.6 Å². The molecule has 0 saturated carbocycles. The summed E-state index contributed by atoms with van der Waals surface area (Å²) in [7, 11) is 1.70. The SMILES string of the molecule is CNC(=O)C1CCN(c2cc(-c3ccc(F)cc3)nc3ccsc23)CC1. The summed E-state index contributed by atoms with van der Waals surface area (Å²) in [6, 6.07) is 10.6. The fraction of sp³-hybridized carbons (Fsp3) is 0.300. The van der Waals surface area contributed by atoms with E-state index in [9.17, 15) is 9.18 Å². The zero-order valence-electron chi connectivity index (χ0n) is 14.5. The first kappa shape index (κ1) is 17.0. The molecule has 134 valence electrons. The molecule has 0 aliphatic carbocycles. The van der Waals surface area contributed by atoms with Crippen LogP contribution < -0.4 is 10.2 Å². The van der Waals surface area contributed by atoms with Crippen LogP contribution in [0.2, 0.25) is 0 Å².